The molecule has 0 aliphatic heterocycles. The zero-order valence-electron chi connectivity index (χ0n) is 14.6. The molecule has 1 N–H and O–H groups in total. The number of H-pyrrole nitrogens is 1. The van der Waals surface area contributed by atoms with Crippen LogP contribution < -0.4 is 5.69 Å². The number of aromatic amines is 1. The Kier molecular flexibility index (Phi) is 4.42. The molecular weight excluding hydrogens is 334 g/mol. The van der Waals surface area contributed by atoms with E-state index in [9.17, 15) is 4.79 Å². The molecule has 4 heteroatoms. The lowest BCUT2D eigenvalue weighted by Gasteiger charge is -2.10. The Morgan fingerprint density at radius 2 is 1.41 bits per heavy atom. The van der Waals surface area contributed by atoms with Gasteiger partial charge in [-0.3, -0.25) is 4.57 Å². The first-order valence-electron chi connectivity index (χ1n) is 8.69. The standard InChI is InChI=1S/C23H17N3O/c24-15-17-11-13-18(14-12-17)16-26-22(20-9-5-2-6-10-20)21(25-23(26)27)19-7-3-1-4-8-19/h1-14H,16H2,(H,25,27). The van der Waals surface area contributed by atoms with E-state index in [1.165, 1.54) is 0 Å². The summed E-state index contributed by atoms with van der Waals surface area (Å²) in [4.78, 5) is 15.8. The Hall–Kier alpha value is -3.84. The van der Waals surface area contributed by atoms with Crippen LogP contribution in [0.25, 0.3) is 22.5 Å². The lowest BCUT2D eigenvalue weighted by Crippen LogP contribution is -2.18. The van der Waals surface area contributed by atoms with E-state index in [2.05, 4.69) is 11.1 Å². The van der Waals surface area contributed by atoms with Gasteiger partial charge in [0.25, 0.3) is 0 Å². The van der Waals surface area contributed by atoms with Crippen molar-refractivity contribution in [3.8, 4) is 28.6 Å². The summed E-state index contributed by atoms with van der Waals surface area (Å²) in [6, 6.07) is 29.2. The van der Waals surface area contributed by atoms with Gasteiger partial charge in [0.1, 0.15) is 0 Å². The molecule has 0 amide bonds. The molecule has 0 aliphatic carbocycles. The van der Waals surface area contributed by atoms with E-state index in [1.54, 1.807) is 16.7 Å². The molecule has 0 unspecified atom stereocenters. The second-order valence-electron chi connectivity index (χ2n) is 6.28. The summed E-state index contributed by atoms with van der Waals surface area (Å²) < 4.78 is 1.75. The molecule has 3 aromatic carbocycles. The molecule has 0 radical (unpaired) electrons. The minimum atomic E-state index is -0.155. The summed E-state index contributed by atoms with van der Waals surface area (Å²) in [6.45, 7) is 0.429. The molecule has 0 fully saturated rings. The monoisotopic (exact) mass is 351 g/mol. The second-order valence-corrected chi connectivity index (χ2v) is 6.28. The summed E-state index contributed by atoms with van der Waals surface area (Å²) in [5.74, 6) is 0. The second kappa shape index (κ2) is 7.19. The zero-order chi connectivity index (χ0) is 18.6. The van der Waals surface area contributed by atoms with Gasteiger partial charge in [0.2, 0.25) is 0 Å². The van der Waals surface area contributed by atoms with Crippen LogP contribution in [0, 0.1) is 11.3 Å². The van der Waals surface area contributed by atoms with Crippen molar-refractivity contribution in [1.29, 1.82) is 5.26 Å². The van der Waals surface area contributed by atoms with Crippen molar-refractivity contribution in [2.24, 2.45) is 0 Å². The van der Waals surface area contributed by atoms with Crippen LogP contribution in [0.2, 0.25) is 0 Å². The first-order valence-corrected chi connectivity index (χ1v) is 8.69. The number of hydrogen-bond acceptors (Lipinski definition) is 2. The average Bonchev–Trinajstić information content (AvgIpc) is 3.06. The van der Waals surface area contributed by atoms with Crippen LogP contribution in [0.5, 0.6) is 0 Å². The molecule has 0 saturated carbocycles. The van der Waals surface area contributed by atoms with Gasteiger partial charge in [0.05, 0.1) is 29.6 Å². The minimum absolute atomic E-state index is 0.155. The minimum Gasteiger partial charge on any atom is -0.305 e. The summed E-state index contributed by atoms with van der Waals surface area (Å²) in [6.07, 6.45) is 0. The Balaban J connectivity index is 1.87. The molecule has 0 bridgehead atoms. The third-order valence-electron chi connectivity index (χ3n) is 4.52. The molecule has 0 spiro atoms. The van der Waals surface area contributed by atoms with Crippen LogP contribution in [0.3, 0.4) is 0 Å². The van der Waals surface area contributed by atoms with Gasteiger partial charge in [-0.25, -0.2) is 4.79 Å². The van der Waals surface area contributed by atoms with Crippen LogP contribution in [0.15, 0.2) is 89.7 Å². The largest absolute Gasteiger partial charge is 0.326 e. The van der Waals surface area contributed by atoms with Crippen molar-refractivity contribution in [1.82, 2.24) is 9.55 Å². The number of rotatable bonds is 4. The van der Waals surface area contributed by atoms with Crippen LogP contribution in [0.4, 0.5) is 0 Å². The number of aromatic nitrogens is 2. The lowest BCUT2D eigenvalue weighted by molar-refractivity contribution is 0.769. The normalized spacial score (nSPS) is 10.5. The number of nitrogens with one attached hydrogen (secondary N) is 1. The van der Waals surface area contributed by atoms with Gasteiger partial charge < -0.3 is 4.98 Å². The quantitative estimate of drug-likeness (QED) is 0.591. The van der Waals surface area contributed by atoms with Crippen molar-refractivity contribution >= 4 is 0 Å². The van der Waals surface area contributed by atoms with Gasteiger partial charge >= 0.3 is 5.69 Å². The van der Waals surface area contributed by atoms with Crippen molar-refractivity contribution in [3.05, 3.63) is 107 Å². The SMILES string of the molecule is N#Cc1ccc(Cn2c(-c3ccccc3)c(-c3ccccc3)[nH]c2=O)cc1. The molecular formula is C23H17N3O. The number of benzene rings is 3. The van der Waals surface area contributed by atoms with Crippen LogP contribution >= 0.6 is 0 Å². The molecule has 0 saturated heterocycles. The van der Waals surface area contributed by atoms with Crippen molar-refractivity contribution < 1.29 is 0 Å². The number of hydrogen-bond donors (Lipinski definition) is 1. The van der Waals surface area contributed by atoms with Crippen molar-refractivity contribution in [2.45, 2.75) is 6.54 Å². The van der Waals surface area contributed by atoms with Gasteiger partial charge in [0.15, 0.2) is 0 Å². The lowest BCUT2D eigenvalue weighted by atomic mass is 10.0. The first kappa shape index (κ1) is 16.6. The van der Waals surface area contributed by atoms with Gasteiger partial charge in [-0.1, -0.05) is 72.8 Å². The fraction of sp³-hybridized carbons (Fsp3) is 0.0435. The van der Waals surface area contributed by atoms with E-state index < -0.39 is 0 Å². The summed E-state index contributed by atoms with van der Waals surface area (Å²) >= 11 is 0. The van der Waals surface area contributed by atoms with Crippen LogP contribution in [-0.2, 0) is 6.54 Å². The third kappa shape index (κ3) is 3.31. The molecule has 1 aromatic heterocycles. The molecule has 4 aromatic rings. The summed E-state index contributed by atoms with van der Waals surface area (Å²) in [7, 11) is 0. The molecule has 130 valence electrons. The van der Waals surface area contributed by atoms with E-state index in [1.807, 2.05) is 72.8 Å². The molecule has 1 heterocycles. The van der Waals surface area contributed by atoms with Crippen LogP contribution in [-0.4, -0.2) is 9.55 Å². The first-order chi connectivity index (χ1) is 13.3. The predicted octanol–water partition coefficient (Wildman–Crippen LogP) is 4.43. The number of nitrogens with zero attached hydrogens (tertiary/aromatic N) is 2. The highest BCUT2D eigenvalue weighted by molar-refractivity contribution is 5.78. The van der Waals surface area contributed by atoms with E-state index in [4.69, 9.17) is 5.26 Å². The Morgan fingerprint density at radius 1 is 0.815 bits per heavy atom. The number of nitriles is 1. The van der Waals surface area contributed by atoms with Gasteiger partial charge in [-0.05, 0) is 17.7 Å². The summed E-state index contributed by atoms with van der Waals surface area (Å²) in [5, 5.41) is 8.97. The maximum Gasteiger partial charge on any atom is 0.326 e. The topological polar surface area (TPSA) is 61.6 Å². The fourth-order valence-electron chi connectivity index (χ4n) is 3.20. The highest BCUT2D eigenvalue weighted by Crippen LogP contribution is 2.30. The third-order valence-corrected chi connectivity index (χ3v) is 4.52. The smallest absolute Gasteiger partial charge is 0.305 e. The van der Waals surface area contributed by atoms with E-state index in [0.717, 1.165) is 28.1 Å². The van der Waals surface area contributed by atoms with Gasteiger partial charge in [-0.2, -0.15) is 5.26 Å². The Labute approximate surface area is 157 Å². The number of imidazole rings is 1. The van der Waals surface area contributed by atoms with Crippen molar-refractivity contribution in [2.75, 3.05) is 0 Å². The molecule has 27 heavy (non-hydrogen) atoms. The predicted molar refractivity (Wildman–Crippen MR) is 106 cm³/mol. The van der Waals surface area contributed by atoms with Gasteiger partial charge in [0, 0.05) is 11.1 Å². The van der Waals surface area contributed by atoms with Crippen LogP contribution in [0.1, 0.15) is 11.1 Å². The van der Waals surface area contributed by atoms with Crippen molar-refractivity contribution in [3.63, 3.8) is 0 Å². The summed E-state index contributed by atoms with van der Waals surface area (Å²) in [5.41, 5.74) is 5.02. The highest BCUT2D eigenvalue weighted by Gasteiger charge is 2.17. The maximum atomic E-state index is 12.8. The van der Waals surface area contributed by atoms with Gasteiger partial charge in [-0.15, -0.1) is 0 Å². The van der Waals surface area contributed by atoms with E-state index in [0.29, 0.717) is 12.1 Å². The Bertz CT molecular complexity index is 1150. The molecule has 0 aliphatic rings. The molecule has 0 atom stereocenters. The van der Waals surface area contributed by atoms with E-state index in [-0.39, 0.29) is 5.69 Å². The maximum absolute atomic E-state index is 12.8. The fourth-order valence-corrected chi connectivity index (χ4v) is 3.20. The molecule has 4 rings (SSSR count). The average molecular weight is 351 g/mol. The van der Waals surface area contributed by atoms with E-state index >= 15 is 0 Å². The zero-order valence-corrected chi connectivity index (χ0v) is 14.6. The highest BCUT2D eigenvalue weighted by atomic mass is 16.1. The Morgan fingerprint density at radius 3 is 2.00 bits per heavy atom. The molecule has 4 nitrogen and oxygen atoms in total.